The van der Waals surface area contributed by atoms with Gasteiger partial charge in [-0.3, -0.25) is 14.5 Å². The quantitative estimate of drug-likeness (QED) is 0.791. The first-order valence-corrected chi connectivity index (χ1v) is 9.95. The monoisotopic (exact) mass is 409 g/mol. The maximum absolute atomic E-state index is 13.2. The summed E-state index contributed by atoms with van der Waals surface area (Å²) in [7, 11) is 0. The second-order valence-corrected chi connectivity index (χ2v) is 8.31. The summed E-state index contributed by atoms with van der Waals surface area (Å²) < 4.78 is 13.2. The Bertz CT molecular complexity index is 834. The van der Waals surface area contributed by atoms with Crippen molar-refractivity contribution in [2.75, 3.05) is 25.0 Å². The number of hydrogen-bond acceptors (Lipinski definition) is 4. The van der Waals surface area contributed by atoms with Crippen LogP contribution < -0.4 is 10.6 Å². The van der Waals surface area contributed by atoms with Crippen LogP contribution in [0, 0.1) is 12.7 Å². The molecule has 0 spiro atoms. The van der Waals surface area contributed by atoms with Gasteiger partial charge in [0, 0.05) is 29.7 Å². The van der Waals surface area contributed by atoms with Crippen LogP contribution in [-0.2, 0) is 4.79 Å². The highest BCUT2D eigenvalue weighted by Gasteiger charge is 2.23. The summed E-state index contributed by atoms with van der Waals surface area (Å²) in [4.78, 5) is 28.3. The van der Waals surface area contributed by atoms with Gasteiger partial charge in [-0.1, -0.05) is 11.6 Å². The largest absolute Gasteiger partial charge is 0.349 e. The molecule has 2 N–H and O–H groups in total. The number of benzene rings is 1. The number of nitrogens with zero attached hydrogens (tertiary/aromatic N) is 1. The number of thiophene rings is 1. The van der Waals surface area contributed by atoms with E-state index in [2.05, 4.69) is 10.6 Å². The number of aryl methyl sites for hydroxylation is 1. The van der Waals surface area contributed by atoms with Gasteiger partial charge in [0.25, 0.3) is 5.91 Å². The Labute approximate surface area is 166 Å². The van der Waals surface area contributed by atoms with E-state index in [4.69, 9.17) is 11.6 Å². The first-order chi connectivity index (χ1) is 12.9. The Hall–Kier alpha value is -1.96. The number of carbonyl (C=O) groups excluding carboxylic acids is 2. The average molecular weight is 410 g/mol. The molecule has 8 heteroatoms. The number of carbonyl (C=O) groups is 2. The standard InChI is InChI=1S/C19H21ClFN3O2S/c1-12-2-5-17(27-12)19(26)23-13-6-8-24(9-7-13)11-18(25)22-14-3-4-16(21)15(20)10-14/h2-5,10,13H,6-9,11H2,1H3,(H,22,25)(H,23,26). The molecule has 5 nitrogen and oxygen atoms in total. The topological polar surface area (TPSA) is 61.4 Å². The van der Waals surface area contributed by atoms with Crippen molar-refractivity contribution < 1.29 is 14.0 Å². The minimum atomic E-state index is -0.517. The van der Waals surface area contributed by atoms with Crippen LogP contribution in [-0.4, -0.2) is 42.4 Å². The molecule has 144 valence electrons. The summed E-state index contributed by atoms with van der Waals surface area (Å²) in [5, 5.41) is 5.77. The van der Waals surface area contributed by atoms with E-state index in [1.54, 1.807) is 0 Å². The summed E-state index contributed by atoms with van der Waals surface area (Å²) in [5.41, 5.74) is 0.472. The number of nitrogens with one attached hydrogen (secondary N) is 2. The Kier molecular flexibility index (Phi) is 6.46. The number of hydrogen-bond donors (Lipinski definition) is 2. The molecule has 1 fully saturated rings. The van der Waals surface area contributed by atoms with E-state index in [-0.39, 0.29) is 29.4 Å². The first-order valence-electron chi connectivity index (χ1n) is 8.75. The number of likely N-dealkylation sites (tertiary alicyclic amines) is 1. The van der Waals surface area contributed by atoms with Crippen LogP contribution in [0.25, 0.3) is 0 Å². The van der Waals surface area contributed by atoms with E-state index >= 15 is 0 Å². The molecule has 0 unspecified atom stereocenters. The fourth-order valence-corrected chi connectivity index (χ4v) is 3.98. The lowest BCUT2D eigenvalue weighted by atomic mass is 10.0. The molecular weight excluding hydrogens is 389 g/mol. The summed E-state index contributed by atoms with van der Waals surface area (Å²) in [6.07, 6.45) is 1.59. The highest BCUT2D eigenvalue weighted by Crippen LogP contribution is 2.20. The molecule has 2 aromatic rings. The molecule has 2 amide bonds. The molecule has 0 radical (unpaired) electrons. The minimum Gasteiger partial charge on any atom is -0.349 e. The molecule has 2 heterocycles. The summed E-state index contributed by atoms with van der Waals surface area (Å²) in [5.74, 6) is -0.719. The molecule has 1 aromatic carbocycles. The van der Waals surface area contributed by atoms with Gasteiger partial charge in [0.05, 0.1) is 16.4 Å². The zero-order valence-corrected chi connectivity index (χ0v) is 16.5. The van der Waals surface area contributed by atoms with E-state index in [1.807, 2.05) is 24.0 Å². The van der Waals surface area contributed by atoms with E-state index in [9.17, 15) is 14.0 Å². The molecule has 0 bridgehead atoms. The van der Waals surface area contributed by atoms with Gasteiger partial charge in [0.15, 0.2) is 0 Å². The lowest BCUT2D eigenvalue weighted by Crippen LogP contribution is -2.46. The van der Waals surface area contributed by atoms with Crippen LogP contribution >= 0.6 is 22.9 Å². The Balaban J connectivity index is 1.43. The molecule has 1 aliphatic heterocycles. The number of rotatable bonds is 5. The molecule has 0 aliphatic carbocycles. The van der Waals surface area contributed by atoms with Crippen LogP contribution in [0.5, 0.6) is 0 Å². The fourth-order valence-electron chi connectivity index (χ4n) is 3.03. The van der Waals surface area contributed by atoms with Crippen molar-refractivity contribution in [1.29, 1.82) is 0 Å². The van der Waals surface area contributed by atoms with Gasteiger partial charge in [-0.2, -0.15) is 0 Å². The second kappa shape index (κ2) is 8.82. The van der Waals surface area contributed by atoms with Crippen molar-refractivity contribution in [3.05, 3.63) is 50.9 Å². The van der Waals surface area contributed by atoms with Gasteiger partial charge in [0.1, 0.15) is 5.82 Å². The Morgan fingerprint density at radius 3 is 2.63 bits per heavy atom. The summed E-state index contributed by atoms with van der Waals surface area (Å²) in [6, 6.07) is 8.00. The van der Waals surface area contributed by atoms with Crippen molar-refractivity contribution in [2.45, 2.75) is 25.8 Å². The molecule has 1 saturated heterocycles. The maximum Gasteiger partial charge on any atom is 0.261 e. The normalized spacial score (nSPS) is 15.5. The molecule has 1 aliphatic rings. The zero-order chi connectivity index (χ0) is 19.4. The summed E-state index contributed by atoms with van der Waals surface area (Å²) >= 11 is 7.21. The molecule has 27 heavy (non-hydrogen) atoms. The van der Waals surface area contributed by atoms with Crippen LogP contribution in [0.4, 0.5) is 10.1 Å². The zero-order valence-electron chi connectivity index (χ0n) is 14.9. The summed E-state index contributed by atoms with van der Waals surface area (Å²) in [6.45, 7) is 3.68. The van der Waals surface area contributed by atoms with E-state index in [0.29, 0.717) is 5.69 Å². The highest BCUT2D eigenvalue weighted by molar-refractivity contribution is 7.13. The fraction of sp³-hybridized carbons (Fsp3) is 0.368. The number of anilines is 1. The Morgan fingerprint density at radius 2 is 2.00 bits per heavy atom. The predicted octanol–water partition coefficient (Wildman–Crippen LogP) is 3.68. The van der Waals surface area contributed by atoms with Crippen LogP contribution in [0.1, 0.15) is 27.4 Å². The predicted molar refractivity (Wildman–Crippen MR) is 106 cm³/mol. The number of amides is 2. The van der Waals surface area contributed by atoms with E-state index in [1.165, 1.54) is 29.5 Å². The van der Waals surface area contributed by atoms with Crippen LogP contribution in [0.2, 0.25) is 5.02 Å². The van der Waals surface area contributed by atoms with Crippen molar-refractivity contribution in [3.63, 3.8) is 0 Å². The molecular formula is C19H21ClFN3O2S. The molecule has 0 atom stereocenters. The van der Waals surface area contributed by atoms with E-state index < -0.39 is 5.82 Å². The number of halogens is 2. The van der Waals surface area contributed by atoms with Crippen LogP contribution in [0.15, 0.2) is 30.3 Å². The molecule has 3 rings (SSSR count). The second-order valence-electron chi connectivity index (χ2n) is 6.61. The molecule has 1 aromatic heterocycles. The minimum absolute atomic E-state index is 0.0229. The third-order valence-electron chi connectivity index (χ3n) is 4.46. The van der Waals surface area contributed by atoms with Gasteiger partial charge >= 0.3 is 0 Å². The van der Waals surface area contributed by atoms with Gasteiger partial charge < -0.3 is 10.6 Å². The highest BCUT2D eigenvalue weighted by atomic mass is 35.5. The van der Waals surface area contributed by atoms with E-state index in [0.717, 1.165) is 35.7 Å². The smallest absolute Gasteiger partial charge is 0.261 e. The average Bonchev–Trinajstić information content (AvgIpc) is 3.06. The van der Waals surface area contributed by atoms with Crippen LogP contribution in [0.3, 0.4) is 0 Å². The van der Waals surface area contributed by atoms with Gasteiger partial charge in [-0.05, 0) is 50.1 Å². The van der Waals surface area contributed by atoms with Gasteiger partial charge in [-0.15, -0.1) is 11.3 Å². The number of piperidine rings is 1. The SMILES string of the molecule is Cc1ccc(C(=O)NC2CCN(CC(=O)Nc3ccc(F)c(Cl)c3)CC2)s1. The third-order valence-corrected chi connectivity index (χ3v) is 5.75. The van der Waals surface area contributed by atoms with Crippen molar-refractivity contribution in [3.8, 4) is 0 Å². The lowest BCUT2D eigenvalue weighted by molar-refractivity contribution is -0.117. The molecule has 0 saturated carbocycles. The van der Waals surface area contributed by atoms with Crippen molar-refractivity contribution >= 4 is 40.4 Å². The Morgan fingerprint density at radius 1 is 1.26 bits per heavy atom. The lowest BCUT2D eigenvalue weighted by Gasteiger charge is -2.31. The third kappa shape index (κ3) is 5.51. The van der Waals surface area contributed by atoms with Crippen molar-refractivity contribution in [2.24, 2.45) is 0 Å². The van der Waals surface area contributed by atoms with Crippen molar-refractivity contribution in [1.82, 2.24) is 10.2 Å². The maximum atomic E-state index is 13.2. The van der Waals surface area contributed by atoms with Gasteiger partial charge in [0.2, 0.25) is 5.91 Å². The van der Waals surface area contributed by atoms with Gasteiger partial charge in [-0.25, -0.2) is 4.39 Å². The first kappa shape index (κ1) is 19.8.